The molecule has 0 unspecified atom stereocenters. The Bertz CT molecular complexity index is 666. The number of ether oxygens (including phenoxy) is 1. The van der Waals surface area contributed by atoms with Crippen LogP contribution in [0.3, 0.4) is 0 Å². The lowest BCUT2D eigenvalue weighted by Gasteiger charge is -2.06. The van der Waals surface area contributed by atoms with Gasteiger partial charge in [0.25, 0.3) is 0 Å². The van der Waals surface area contributed by atoms with E-state index in [9.17, 15) is 4.79 Å². The van der Waals surface area contributed by atoms with Gasteiger partial charge in [-0.3, -0.25) is 5.43 Å². The summed E-state index contributed by atoms with van der Waals surface area (Å²) in [6, 6.07) is 7.53. The van der Waals surface area contributed by atoms with Crippen LogP contribution < -0.4 is 15.9 Å². The third-order valence-corrected chi connectivity index (χ3v) is 2.47. The van der Waals surface area contributed by atoms with E-state index in [1.54, 1.807) is 13.1 Å². The van der Waals surface area contributed by atoms with E-state index < -0.39 is 5.69 Å². The van der Waals surface area contributed by atoms with Crippen LogP contribution in [0, 0.1) is 6.92 Å². The topological polar surface area (TPSA) is 92.3 Å². The SMILES string of the molecule is CCOc1ccccc1/C=N/Nc1nc(=O)[nH]nc1C. The third-order valence-electron chi connectivity index (χ3n) is 2.47. The monoisotopic (exact) mass is 273 g/mol. The summed E-state index contributed by atoms with van der Waals surface area (Å²) >= 11 is 0. The number of hydrogen-bond acceptors (Lipinski definition) is 6. The van der Waals surface area contributed by atoms with Crippen molar-refractivity contribution < 1.29 is 4.74 Å². The molecule has 0 bridgehead atoms. The van der Waals surface area contributed by atoms with Crippen LogP contribution in [0.1, 0.15) is 18.2 Å². The largest absolute Gasteiger partial charge is 0.493 e. The maximum atomic E-state index is 11.1. The Morgan fingerprint density at radius 3 is 3.05 bits per heavy atom. The van der Waals surface area contributed by atoms with E-state index >= 15 is 0 Å². The third kappa shape index (κ3) is 3.41. The number of aromatic nitrogens is 3. The van der Waals surface area contributed by atoms with Crippen molar-refractivity contribution in [3.8, 4) is 5.75 Å². The fourth-order valence-electron chi connectivity index (χ4n) is 1.54. The molecule has 7 nitrogen and oxygen atoms in total. The van der Waals surface area contributed by atoms with Gasteiger partial charge in [0.2, 0.25) is 0 Å². The fourth-order valence-corrected chi connectivity index (χ4v) is 1.54. The molecule has 1 heterocycles. The first-order valence-corrected chi connectivity index (χ1v) is 6.15. The minimum atomic E-state index is -0.525. The summed E-state index contributed by atoms with van der Waals surface area (Å²) in [5, 5.41) is 10.1. The van der Waals surface area contributed by atoms with Crippen LogP contribution in [0.25, 0.3) is 0 Å². The lowest BCUT2D eigenvalue weighted by molar-refractivity contribution is 0.340. The molecule has 0 fully saturated rings. The lowest BCUT2D eigenvalue weighted by Crippen LogP contribution is -2.15. The summed E-state index contributed by atoms with van der Waals surface area (Å²) in [6.45, 7) is 4.22. The quantitative estimate of drug-likeness (QED) is 0.633. The predicted molar refractivity (Wildman–Crippen MR) is 76.2 cm³/mol. The molecule has 1 aromatic carbocycles. The van der Waals surface area contributed by atoms with Gasteiger partial charge >= 0.3 is 5.69 Å². The van der Waals surface area contributed by atoms with Crippen molar-refractivity contribution in [2.45, 2.75) is 13.8 Å². The zero-order valence-electron chi connectivity index (χ0n) is 11.3. The summed E-state index contributed by atoms with van der Waals surface area (Å²) in [7, 11) is 0. The van der Waals surface area contributed by atoms with Crippen molar-refractivity contribution in [2.24, 2.45) is 5.10 Å². The van der Waals surface area contributed by atoms with Crippen molar-refractivity contribution >= 4 is 12.0 Å². The first kappa shape index (κ1) is 13.7. The van der Waals surface area contributed by atoms with Crippen molar-refractivity contribution in [2.75, 3.05) is 12.0 Å². The molecule has 0 aliphatic carbocycles. The van der Waals surface area contributed by atoms with Crippen LogP contribution in [0.2, 0.25) is 0 Å². The second kappa shape index (κ2) is 6.46. The Hall–Kier alpha value is -2.70. The minimum absolute atomic E-state index is 0.318. The van der Waals surface area contributed by atoms with E-state index in [1.165, 1.54) is 0 Å². The summed E-state index contributed by atoms with van der Waals surface area (Å²) < 4.78 is 5.48. The number of hydrogen-bond donors (Lipinski definition) is 2. The van der Waals surface area contributed by atoms with Crippen molar-refractivity contribution in [3.05, 3.63) is 46.0 Å². The number of nitrogens with zero attached hydrogens (tertiary/aromatic N) is 3. The van der Waals surface area contributed by atoms with E-state index in [1.807, 2.05) is 31.2 Å². The van der Waals surface area contributed by atoms with Gasteiger partial charge in [0.15, 0.2) is 5.82 Å². The Morgan fingerprint density at radius 2 is 2.25 bits per heavy atom. The van der Waals surface area contributed by atoms with E-state index in [4.69, 9.17) is 4.74 Å². The minimum Gasteiger partial charge on any atom is -0.493 e. The molecular formula is C13H15N5O2. The predicted octanol–water partition coefficient (Wildman–Crippen LogP) is 1.32. The summed E-state index contributed by atoms with van der Waals surface area (Å²) in [6.07, 6.45) is 1.60. The highest BCUT2D eigenvalue weighted by Crippen LogP contribution is 2.15. The van der Waals surface area contributed by atoms with Gasteiger partial charge in [-0.1, -0.05) is 12.1 Å². The molecule has 1 aromatic heterocycles. The van der Waals surface area contributed by atoms with Gasteiger partial charge in [-0.15, -0.1) is 0 Å². The highest BCUT2D eigenvalue weighted by Gasteiger charge is 2.01. The summed E-state index contributed by atoms with van der Waals surface area (Å²) in [5.41, 5.74) is 3.55. The highest BCUT2D eigenvalue weighted by atomic mass is 16.5. The smallest absolute Gasteiger partial charge is 0.363 e. The average molecular weight is 273 g/mol. The molecule has 0 saturated carbocycles. The van der Waals surface area contributed by atoms with Crippen LogP contribution in [0.4, 0.5) is 5.82 Å². The normalized spacial score (nSPS) is 10.7. The van der Waals surface area contributed by atoms with Gasteiger partial charge in [-0.2, -0.15) is 15.2 Å². The Labute approximate surface area is 115 Å². The fraction of sp³-hybridized carbons (Fsp3) is 0.231. The number of aromatic amines is 1. The first-order valence-electron chi connectivity index (χ1n) is 6.15. The standard InChI is InChI=1S/C13H15N5O2/c1-3-20-11-7-5-4-6-10(11)8-14-17-12-9(2)16-18-13(19)15-12/h4-8H,3H2,1-2H3,(H2,15,17,18,19)/b14-8+. The molecular weight excluding hydrogens is 258 g/mol. The number of rotatable bonds is 5. The van der Waals surface area contributed by atoms with Crippen molar-refractivity contribution in [3.63, 3.8) is 0 Å². The molecule has 0 spiro atoms. The van der Waals surface area contributed by atoms with Crippen LogP contribution >= 0.6 is 0 Å². The molecule has 0 saturated heterocycles. The molecule has 7 heteroatoms. The summed E-state index contributed by atoms with van der Waals surface area (Å²) in [5.74, 6) is 1.06. The molecule has 0 amide bonds. The van der Waals surface area contributed by atoms with Gasteiger partial charge in [0.1, 0.15) is 11.4 Å². The number of H-pyrrole nitrogens is 1. The molecule has 20 heavy (non-hydrogen) atoms. The van der Waals surface area contributed by atoms with Crippen molar-refractivity contribution in [1.29, 1.82) is 0 Å². The number of hydrazone groups is 1. The average Bonchev–Trinajstić information content (AvgIpc) is 2.45. The van der Waals surface area contributed by atoms with Crippen LogP contribution in [0.5, 0.6) is 5.75 Å². The van der Waals surface area contributed by atoms with Crippen LogP contribution in [-0.4, -0.2) is 28.0 Å². The van der Waals surface area contributed by atoms with E-state index in [2.05, 4.69) is 25.7 Å². The van der Waals surface area contributed by atoms with E-state index in [0.29, 0.717) is 18.1 Å². The van der Waals surface area contributed by atoms with Gasteiger partial charge in [-0.25, -0.2) is 9.89 Å². The van der Waals surface area contributed by atoms with E-state index in [-0.39, 0.29) is 0 Å². The zero-order chi connectivity index (χ0) is 14.4. The Balaban J connectivity index is 2.14. The molecule has 2 N–H and O–H groups in total. The maximum absolute atomic E-state index is 11.1. The number of para-hydroxylation sites is 1. The lowest BCUT2D eigenvalue weighted by atomic mass is 10.2. The number of anilines is 1. The second-order valence-electron chi connectivity index (χ2n) is 3.92. The van der Waals surface area contributed by atoms with Crippen LogP contribution in [0.15, 0.2) is 34.2 Å². The molecule has 2 aromatic rings. The molecule has 104 valence electrons. The van der Waals surface area contributed by atoms with E-state index in [0.717, 1.165) is 11.3 Å². The Kier molecular flexibility index (Phi) is 4.43. The molecule has 2 rings (SSSR count). The van der Waals surface area contributed by atoms with Crippen LogP contribution in [-0.2, 0) is 0 Å². The van der Waals surface area contributed by atoms with Gasteiger partial charge in [-0.05, 0) is 26.0 Å². The molecule has 0 aliphatic heterocycles. The number of nitrogens with one attached hydrogen (secondary N) is 2. The number of aryl methyl sites for hydroxylation is 1. The zero-order valence-corrected chi connectivity index (χ0v) is 11.3. The highest BCUT2D eigenvalue weighted by molar-refractivity contribution is 5.83. The molecule has 0 aliphatic rings. The number of benzene rings is 1. The van der Waals surface area contributed by atoms with Crippen molar-refractivity contribution in [1.82, 2.24) is 15.2 Å². The second-order valence-corrected chi connectivity index (χ2v) is 3.92. The van der Waals surface area contributed by atoms with Gasteiger partial charge in [0.05, 0.1) is 12.8 Å². The van der Waals surface area contributed by atoms with Gasteiger partial charge in [0, 0.05) is 5.56 Å². The first-order chi connectivity index (χ1) is 9.70. The maximum Gasteiger partial charge on any atom is 0.363 e. The molecule has 0 atom stereocenters. The Morgan fingerprint density at radius 1 is 1.45 bits per heavy atom. The van der Waals surface area contributed by atoms with Gasteiger partial charge < -0.3 is 4.74 Å². The molecule has 0 radical (unpaired) electrons. The summed E-state index contributed by atoms with van der Waals surface area (Å²) in [4.78, 5) is 14.8.